The van der Waals surface area contributed by atoms with Crippen molar-refractivity contribution in [2.24, 2.45) is 23.2 Å². The van der Waals surface area contributed by atoms with E-state index in [4.69, 9.17) is 0 Å². The van der Waals surface area contributed by atoms with Gasteiger partial charge in [-0.2, -0.15) is 5.21 Å². The summed E-state index contributed by atoms with van der Waals surface area (Å²) in [6.07, 6.45) is 4.30. The molecule has 0 spiro atoms. The summed E-state index contributed by atoms with van der Waals surface area (Å²) in [5.41, 5.74) is 0.344. The van der Waals surface area contributed by atoms with Crippen LogP contribution in [0.1, 0.15) is 66.1 Å². The van der Waals surface area contributed by atoms with Crippen LogP contribution in [0, 0.1) is 23.2 Å². The molecule has 1 heterocycles. The number of carbonyl (C=O) groups excluding carboxylic acids is 1. The molecule has 1 aromatic rings. The van der Waals surface area contributed by atoms with Crippen LogP contribution in [-0.4, -0.2) is 38.0 Å². The SMILES string of the molecule is CC(C)CN(Cc1nn[nH]n1)C(=O)C1CCC(C(C)(C)C)CC1. The highest BCUT2D eigenvalue weighted by atomic mass is 16.2. The zero-order chi connectivity index (χ0) is 17.0. The van der Waals surface area contributed by atoms with E-state index in [-0.39, 0.29) is 11.8 Å². The van der Waals surface area contributed by atoms with Crippen LogP contribution < -0.4 is 0 Å². The lowest BCUT2D eigenvalue weighted by Crippen LogP contribution is -2.40. The van der Waals surface area contributed by atoms with E-state index in [2.05, 4.69) is 55.2 Å². The highest BCUT2D eigenvalue weighted by Crippen LogP contribution is 2.40. The van der Waals surface area contributed by atoms with Gasteiger partial charge in [0.15, 0.2) is 5.82 Å². The largest absolute Gasteiger partial charge is 0.335 e. The highest BCUT2D eigenvalue weighted by molar-refractivity contribution is 5.78. The number of hydrogen-bond donors (Lipinski definition) is 1. The summed E-state index contributed by atoms with van der Waals surface area (Å²) in [4.78, 5) is 14.9. The third-order valence-corrected chi connectivity index (χ3v) is 4.92. The first kappa shape index (κ1) is 17.9. The molecule has 0 aliphatic heterocycles. The second kappa shape index (κ2) is 7.41. The zero-order valence-corrected chi connectivity index (χ0v) is 15.2. The Bertz CT molecular complexity index is 484. The van der Waals surface area contributed by atoms with Crippen LogP contribution in [-0.2, 0) is 11.3 Å². The van der Waals surface area contributed by atoms with E-state index in [9.17, 15) is 4.79 Å². The smallest absolute Gasteiger partial charge is 0.226 e. The van der Waals surface area contributed by atoms with E-state index < -0.39 is 0 Å². The number of nitrogens with zero attached hydrogens (tertiary/aromatic N) is 4. The van der Waals surface area contributed by atoms with Gasteiger partial charge in [0, 0.05) is 12.5 Å². The Hall–Kier alpha value is -1.46. The molecule has 0 aromatic carbocycles. The number of hydrogen-bond acceptors (Lipinski definition) is 4. The van der Waals surface area contributed by atoms with Crippen molar-refractivity contribution in [3.8, 4) is 0 Å². The fourth-order valence-corrected chi connectivity index (χ4v) is 3.56. The molecular weight excluding hydrogens is 290 g/mol. The molecule has 0 radical (unpaired) electrons. The van der Waals surface area contributed by atoms with Crippen molar-refractivity contribution in [3.63, 3.8) is 0 Å². The summed E-state index contributed by atoms with van der Waals surface area (Å²) >= 11 is 0. The molecule has 1 aromatic heterocycles. The van der Waals surface area contributed by atoms with E-state index in [1.807, 2.05) is 4.90 Å². The first-order valence-electron chi connectivity index (χ1n) is 8.78. The molecule has 1 amide bonds. The second-order valence-corrected chi connectivity index (χ2v) is 8.36. The van der Waals surface area contributed by atoms with Gasteiger partial charge in [0.1, 0.15) is 0 Å². The highest BCUT2D eigenvalue weighted by Gasteiger charge is 2.34. The third kappa shape index (κ3) is 5.01. The zero-order valence-electron chi connectivity index (χ0n) is 15.2. The minimum atomic E-state index is 0.152. The Kier molecular flexibility index (Phi) is 5.76. The molecule has 0 unspecified atom stereocenters. The van der Waals surface area contributed by atoms with E-state index >= 15 is 0 Å². The number of aromatic amines is 1. The van der Waals surface area contributed by atoms with Crippen molar-refractivity contribution in [1.82, 2.24) is 25.5 Å². The molecule has 0 atom stereocenters. The number of carbonyl (C=O) groups is 1. The molecule has 130 valence electrons. The molecule has 23 heavy (non-hydrogen) atoms. The summed E-state index contributed by atoms with van der Waals surface area (Å²) in [5, 5.41) is 14.0. The number of aromatic nitrogens is 4. The van der Waals surface area contributed by atoms with Crippen molar-refractivity contribution < 1.29 is 4.79 Å². The molecule has 1 aliphatic rings. The van der Waals surface area contributed by atoms with Gasteiger partial charge >= 0.3 is 0 Å². The Morgan fingerprint density at radius 1 is 1.26 bits per heavy atom. The van der Waals surface area contributed by atoms with Gasteiger partial charge in [0.2, 0.25) is 5.91 Å². The Morgan fingerprint density at radius 2 is 1.91 bits per heavy atom. The Morgan fingerprint density at radius 3 is 2.39 bits per heavy atom. The minimum absolute atomic E-state index is 0.152. The average Bonchev–Trinajstić information content (AvgIpc) is 2.97. The monoisotopic (exact) mass is 321 g/mol. The van der Waals surface area contributed by atoms with Gasteiger partial charge in [-0.05, 0) is 42.9 Å². The number of H-pyrrole nitrogens is 1. The van der Waals surface area contributed by atoms with Crippen molar-refractivity contribution in [3.05, 3.63) is 5.82 Å². The van der Waals surface area contributed by atoms with Crippen LogP contribution >= 0.6 is 0 Å². The first-order chi connectivity index (χ1) is 10.8. The van der Waals surface area contributed by atoms with Gasteiger partial charge in [-0.1, -0.05) is 39.8 Å². The number of rotatable bonds is 5. The predicted octanol–water partition coefficient (Wildman–Crippen LogP) is 3.04. The fraction of sp³-hybridized carbons (Fsp3) is 0.882. The van der Waals surface area contributed by atoms with Crippen LogP contribution in [0.15, 0.2) is 0 Å². The van der Waals surface area contributed by atoms with Crippen LogP contribution in [0.3, 0.4) is 0 Å². The van der Waals surface area contributed by atoms with Crippen LogP contribution in [0.2, 0.25) is 0 Å². The summed E-state index contributed by atoms with van der Waals surface area (Å²) in [6, 6.07) is 0. The van der Waals surface area contributed by atoms with Crippen LogP contribution in [0.25, 0.3) is 0 Å². The van der Waals surface area contributed by atoms with Crippen LogP contribution in [0.5, 0.6) is 0 Å². The second-order valence-electron chi connectivity index (χ2n) is 8.36. The van der Waals surface area contributed by atoms with Gasteiger partial charge in [-0.25, -0.2) is 0 Å². The van der Waals surface area contributed by atoms with E-state index in [0.717, 1.165) is 38.1 Å². The van der Waals surface area contributed by atoms with Gasteiger partial charge in [-0.15, -0.1) is 10.2 Å². The summed E-state index contributed by atoms with van der Waals surface area (Å²) in [7, 11) is 0. The first-order valence-corrected chi connectivity index (χ1v) is 8.78. The standard InChI is InChI=1S/C17H31N5O/c1-12(2)10-22(11-15-18-20-21-19-15)16(23)13-6-8-14(9-7-13)17(3,4)5/h12-14H,6-11H2,1-5H3,(H,18,19,20,21). The maximum atomic E-state index is 13.0. The normalized spacial score (nSPS) is 22.3. The average molecular weight is 321 g/mol. The Balaban J connectivity index is 1.97. The van der Waals surface area contributed by atoms with E-state index in [0.29, 0.717) is 23.7 Å². The molecule has 1 saturated carbocycles. The lowest BCUT2D eigenvalue weighted by Gasteiger charge is -2.38. The maximum Gasteiger partial charge on any atom is 0.226 e. The predicted molar refractivity (Wildman–Crippen MR) is 89.3 cm³/mol. The summed E-state index contributed by atoms with van der Waals surface area (Å²) < 4.78 is 0. The van der Waals surface area contributed by atoms with Crippen molar-refractivity contribution >= 4 is 5.91 Å². The number of nitrogens with one attached hydrogen (secondary N) is 1. The van der Waals surface area contributed by atoms with Crippen LogP contribution in [0.4, 0.5) is 0 Å². The number of amides is 1. The van der Waals surface area contributed by atoms with Gasteiger partial charge < -0.3 is 4.90 Å². The molecule has 1 N–H and O–H groups in total. The van der Waals surface area contributed by atoms with E-state index in [1.165, 1.54) is 0 Å². The van der Waals surface area contributed by atoms with Gasteiger partial charge in [0.25, 0.3) is 0 Å². The maximum absolute atomic E-state index is 13.0. The van der Waals surface area contributed by atoms with Gasteiger partial charge in [-0.3, -0.25) is 4.79 Å². The van der Waals surface area contributed by atoms with Crippen molar-refractivity contribution in [2.75, 3.05) is 6.54 Å². The van der Waals surface area contributed by atoms with Crippen molar-refractivity contribution in [1.29, 1.82) is 0 Å². The van der Waals surface area contributed by atoms with Crippen molar-refractivity contribution in [2.45, 2.75) is 66.8 Å². The molecule has 0 saturated heterocycles. The van der Waals surface area contributed by atoms with E-state index in [1.54, 1.807) is 0 Å². The fourth-order valence-electron chi connectivity index (χ4n) is 3.56. The molecule has 0 bridgehead atoms. The molecule has 2 rings (SSSR count). The minimum Gasteiger partial charge on any atom is -0.335 e. The molecule has 6 heteroatoms. The molecule has 6 nitrogen and oxygen atoms in total. The third-order valence-electron chi connectivity index (χ3n) is 4.92. The Labute approximate surface area is 139 Å². The lowest BCUT2D eigenvalue weighted by molar-refractivity contribution is -0.138. The molecule has 1 fully saturated rings. The summed E-state index contributed by atoms with van der Waals surface area (Å²) in [6.45, 7) is 12.4. The van der Waals surface area contributed by atoms with Gasteiger partial charge in [0.05, 0.1) is 6.54 Å². The topological polar surface area (TPSA) is 74.8 Å². The molecule has 1 aliphatic carbocycles. The summed E-state index contributed by atoms with van der Waals surface area (Å²) in [5.74, 6) is 2.15. The lowest BCUT2D eigenvalue weighted by atomic mass is 9.69. The number of tetrazole rings is 1. The molecular formula is C17H31N5O. The quantitative estimate of drug-likeness (QED) is 0.904.